The molecule has 0 aliphatic carbocycles. The van der Waals surface area contributed by atoms with Crippen LogP contribution in [0, 0.1) is 6.92 Å². The normalized spacial score (nSPS) is 10.1. The van der Waals surface area contributed by atoms with Crippen LogP contribution in [0.25, 0.3) is 0 Å². The molecule has 0 radical (unpaired) electrons. The van der Waals surface area contributed by atoms with E-state index in [0.29, 0.717) is 5.75 Å². The zero-order valence-corrected chi connectivity index (χ0v) is 16.0. The fraction of sp³-hybridized carbons (Fsp3) is 0.286. The molecule has 0 aliphatic heterocycles. The SMILES string of the molecule is CCOC(=O)c1cc(OC(=O)COc2cccc(C)c2)cc(C(=O)OCC)c1. The van der Waals surface area contributed by atoms with Crippen LogP contribution in [-0.2, 0) is 14.3 Å². The van der Waals surface area contributed by atoms with Crippen molar-refractivity contribution in [2.45, 2.75) is 20.8 Å². The summed E-state index contributed by atoms with van der Waals surface area (Å²) in [6.07, 6.45) is 0. The molecule has 2 aromatic carbocycles. The summed E-state index contributed by atoms with van der Waals surface area (Å²) in [6, 6.07) is 11.2. The van der Waals surface area contributed by atoms with Gasteiger partial charge in [0.1, 0.15) is 11.5 Å². The maximum Gasteiger partial charge on any atom is 0.349 e. The topological polar surface area (TPSA) is 88.1 Å². The maximum atomic E-state index is 12.1. The third-order valence-corrected chi connectivity index (χ3v) is 3.51. The summed E-state index contributed by atoms with van der Waals surface area (Å²) >= 11 is 0. The third-order valence-electron chi connectivity index (χ3n) is 3.51. The summed E-state index contributed by atoms with van der Waals surface area (Å²) in [5, 5.41) is 0. The summed E-state index contributed by atoms with van der Waals surface area (Å²) in [5.74, 6) is -1.41. The molecule has 0 atom stereocenters. The van der Waals surface area contributed by atoms with E-state index < -0.39 is 17.9 Å². The molecule has 0 unspecified atom stereocenters. The van der Waals surface area contributed by atoms with Gasteiger partial charge in [0.2, 0.25) is 0 Å². The van der Waals surface area contributed by atoms with Gasteiger partial charge >= 0.3 is 17.9 Å². The number of benzene rings is 2. The lowest BCUT2D eigenvalue weighted by Gasteiger charge is -2.10. The van der Waals surface area contributed by atoms with Crippen LogP contribution in [0.5, 0.6) is 11.5 Å². The van der Waals surface area contributed by atoms with E-state index in [-0.39, 0.29) is 36.7 Å². The quantitative estimate of drug-likeness (QED) is 0.508. The minimum Gasteiger partial charge on any atom is -0.482 e. The lowest BCUT2D eigenvalue weighted by Crippen LogP contribution is -2.18. The molecular weight excluding hydrogens is 364 g/mol. The minimum atomic E-state index is -0.683. The zero-order chi connectivity index (χ0) is 20.5. The zero-order valence-electron chi connectivity index (χ0n) is 16.0. The van der Waals surface area contributed by atoms with Gasteiger partial charge in [0, 0.05) is 0 Å². The van der Waals surface area contributed by atoms with Gasteiger partial charge in [-0.05, 0) is 56.7 Å². The Bertz CT molecular complexity index is 821. The summed E-state index contributed by atoms with van der Waals surface area (Å²) in [5.41, 5.74) is 1.15. The number of esters is 3. The number of carbonyl (C=O) groups is 3. The van der Waals surface area contributed by atoms with Gasteiger partial charge < -0.3 is 18.9 Å². The molecule has 0 N–H and O–H groups in total. The monoisotopic (exact) mass is 386 g/mol. The van der Waals surface area contributed by atoms with E-state index in [9.17, 15) is 14.4 Å². The highest BCUT2D eigenvalue weighted by molar-refractivity contribution is 5.96. The first-order chi connectivity index (χ1) is 13.4. The third kappa shape index (κ3) is 6.12. The van der Waals surface area contributed by atoms with Gasteiger partial charge in [0.25, 0.3) is 0 Å². The molecule has 148 valence electrons. The van der Waals surface area contributed by atoms with Crippen molar-refractivity contribution in [2.24, 2.45) is 0 Å². The number of rotatable bonds is 8. The van der Waals surface area contributed by atoms with Crippen LogP contribution < -0.4 is 9.47 Å². The van der Waals surface area contributed by atoms with E-state index in [1.807, 2.05) is 19.1 Å². The average Bonchev–Trinajstić information content (AvgIpc) is 2.66. The van der Waals surface area contributed by atoms with Crippen LogP contribution in [0.3, 0.4) is 0 Å². The predicted octanol–water partition coefficient (Wildman–Crippen LogP) is 3.33. The first kappa shape index (κ1) is 21.0. The Kier molecular flexibility index (Phi) is 7.56. The van der Waals surface area contributed by atoms with Crippen LogP contribution >= 0.6 is 0 Å². The van der Waals surface area contributed by atoms with Gasteiger partial charge in [-0.1, -0.05) is 12.1 Å². The molecule has 0 saturated heterocycles. The molecule has 2 rings (SSSR count). The van der Waals surface area contributed by atoms with Gasteiger partial charge in [-0.2, -0.15) is 0 Å². The van der Waals surface area contributed by atoms with Crippen LogP contribution in [0.2, 0.25) is 0 Å². The largest absolute Gasteiger partial charge is 0.482 e. The first-order valence-corrected chi connectivity index (χ1v) is 8.82. The molecule has 0 spiro atoms. The van der Waals surface area contributed by atoms with E-state index >= 15 is 0 Å². The second-order valence-corrected chi connectivity index (χ2v) is 5.77. The van der Waals surface area contributed by atoms with Crippen LogP contribution in [0.1, 0.15) is 40.1 Å². The molecule has 0 bridgehead atoms. The Balaban J connectivity index is 2.14. The predicted molar refractivity (Wildman–Crippen MR) is 101 cm³/mol. The van der Waals surface area contributed by atoms with Gasteiger partial charge in [0.05, 0.1) is 24.3 Å². The number of ether oxygens (including phenoxy) is 4. The molecule has 28 heavy (non-hydrogen) atoms. The highest BCUT2D eigenvalue weighted by Crippen LogP contribution is 2.20. The molecule has 0 aromatic heterocycles. The van der Waals surface area contributed by atoms with Gasteiger partial charge in [-0.3, -0.25) is 0 Å². The lowest BCUT2D eigenvalue weighted by molar-refractivity contribution is -0.136. The molecule has 0 heterocycles. The van der Waals surface area contributed by atoms with Crippen LogP contribution in [0.4, 0.5) is 0 Å². The maximum absolute atomic E-state index is 12.1. The molecule has 0 amide bonds. The van der Waals surface area contributed by atoms with Crippen LogP contribution in [0.15, 0.2) is 42.5 Å². The van der Waals surface area contributed by atoms with Crippen molar-refractivity contribution in [3.63, 3.8) is 0 Å². The smallest absolute Gasteiger partial charge is 0.349 e. The van der Waals surface area contributed by atoms with Crippen molar-refractivity contribution >= 4 is 17.9 Å². The second kappa shape index (κ2) is 10.1. The number of hydrogen-bond acceptors (Lipinski definition) is 7. The van der Waals surface area contributed by atoms with E-state index in [1.165, 1.54) is 18.2 Å². The van der Waals surface area contributed by atoms with Crippen molar-refractivity contribution < 1.29 is 33.3 Å². The first-order valence-electron chi connectivity index (χ1n) is 8.82. The number of aryl methyl sites for hydroxylation is 1. The number of hydrogen-bond donors (Lipinski definition) is 0. The fourth-order valence-corrected chi connectivity index (χ4v) is 2.33. The Hall–Kier alpha value is -3.35. The summed E-state index contributed by atoms with van der Waals surface area (Å²) in [6.45, 7) is 5.24. The Morgan fingerprint density at radius 2 is 1.43 bits per heavy atom. The Labute approximate surface area is 163 Å². The molecular formula is C21H22O7. The van der Waals surface area contributed by atoms with Gasteiger partial charge in [0.15, 0.2) is 6.61 Å². The van der Waals surface area contributed by atoms with Crippen molar-refractivity contribution in [3.8, 4) is 11.5 Å². The van der Waals surface area contributed by atoms with Gasteiger partial charge in [-0.15, -0.1) is 0 Å². The van der Waals surface area contributed by atoms with E-state index in [4.69, 9.17) is 18.9 Å². The summed E-state index contributed by atoms with van der Waals surface area (Å²) in [7, 11) is 0. The molecule has 7 heteroatoms. The van der Waals surface area contributed by atoms with Crippen molar-refractivity contribution in [3.05, 3.63) is 59.2 Å². The van der Waals surface area contributed by atoms with Gasteiger partial charge in [-0.25, -0.2) is 14.4 Å². The fourth-order valence-electron chi connectivity index (χ4n) is 2.33. The highest BCUT2D eigenvalue weighted by Gasteiger charge is 2.17. The highest BCUT2D eigenvalue weighted by atomic mass is 16.6. The van der Waals surface area contributed by atoms with E-state index in [1.54, 1.807) is 26.0 Å². The van der Waals surface area contributed by atoms with Crippen molar-refractivity contribution in [1.82, 2.24) is 0 Å². The van der Waals surface area contributed by atoms with Crippen molar-refractivity contribution in [1.29, 1.82) is 0 Å². The Morgan fingerprint density at radius 1 is 0.821 bits per heavy atom. The lowest BCUT2D eigenvalue weighted by atomic mass is 10.1. The second-order valence-electron chi connectivity index (χ2n) is 5.77. The standard InChI is InChI=1S/C21H22O7/c1-4-25-20(23)15-10-16(21(24)26-5-2)12-18(11-15)28-19(22)13-27-17-8-6-7-14(3)9-17/h6-12H,4-5,13H2,1-3H3. The van der Waals surface area contributed by atoms with Crippen molar-refractivity contribution in [2.75, 3.05) is 19.8 Å². The van der Waals surface area contributed by atoms with E-state index in [2.05, 4.69) is 0 Å². The molecule has 2 aromatic rings. The molecule has 0 fully saturated rings. The van der Waals surface area contributed by atoms with Crippen LogP contribution in [-0.4, -0.2) is 37.7 Å². The summed E-state index contributed by atoms with van der Waals surface area (Å²) in [4.78, 5) is 36.1. The summed E-state index contributed by atoms with van der Waals surface area (Å²) < 4.78 is 20.5. The van der Waals surface area contributed by atoms with E-state index in [0.717, 1.165) is 5.56 Å². The average molecular weight is 386 g/mol. The molecule has 0 aliphatic rings. The Morgan fingerprint density at radius 3 is 1.96 bits per heavy atom. The number of carbonyl (C=O) groups excluding carboxylic acids is 3. The molecule has 7 nitrogen and oxygen atoms in total. The molecule has 0 saturated carbocycles. The minimum absolute atomic E-state index is 0.0199.